The molecule has 0 radical (unpaired) electrons. The number of aliphatic hydroxyl groups is 1. The molecule has 1 aliphatic rings. The van der Waals surface area contributed by atoms with Crippen molar-refractivity contribution in [2.24, 2.45) is 5.11 Å². The summed E-state index contributed by atoms with van der Waals surface area (Å²) in [5.41, 5.74) is 8.11. The molecule has 0 unspecified atom stereocenters. The maximum atomic E-state index is 11.8. The molecule has 1 fully saturated rings. The summed E-state index contributed by atoms with van der Waals surface area (Å²) in [5.74, 6) is 0. The summed E-state index contributed by atoms with van der Waals surface area (Å²) in [4.78, 5) is 28.0. The van der Waals surface area contributed by atoms with Crippen LogP contribution < -0.4 is 11.2 Å². The summed E-state index contributed by atoms with van der Waals surface area (Å²) >= 11 is -0.0673. The Morgan fingerprint density at radius 1 is 1.68 bits per heavy atom. The third kappa shape index (κ3) is 2.74. The van der Waals surface area contributed by atoms with Crippen molar-refractivity contribution in [2.75, 3.05) is 6.61 Å². The molecule has 0 amide bonds. The molecule has 0 aromatic carbocycles. The molecule has 19 heavy (non-hydrogen) atoms. The van der Waals surface area contributed by atoms with Gasteiger partial charge in [0.1, 0.15) is 0 Å². The van der Waals surface area contributed by atoms with Crippen molar-refractivity contribution in [3.8, 4) is 0 Å². The number of aromatic amines is 1. The molecule has 3 atom stereocenters. The third-order valence-electron chi connectivity index (χ3n) is 3.04. The topological polar surface area (TPSA) is 124 Å². The second kappa shape index (κ2) is 5.63. The van der Waals surface area contributed by atoms with E-state index in [2.05, 4.69) is 15.0 Å². The van der Waals surface area contributed by atoms with Crippen LogP contribution in [0.4, 0.5) is 0 Å². The average molecular weight is 330 g/mol. The molecule has 2 heterocycles. The molecule has 1 aromatic rings. The van der Waals surface area contributed by atoms with Crippen molar-refractivity contribution < 1.29 is 5.11 Å². The van der Waals surface area contributed by atoms with Gasteiger partial charge in [-0.3, -0.25) is 0 Å². The Balaban J connectivity index is 2.34. The molecule has 1 aromatic heterocycles. The summed E-state index contributed by atoms with van der Waals surface area (Å²) in [7, 11) is 0. The minimum absolute atomic E-state index is 0.0583. The SMILES string of the molecule is Cc1cn([C@H]2C[C@H](N=[N+]=[N-])[C@@H](CO)[Se]2)c(=O)[nH]c1=O. The van der Waals surface area contributed by atoms with Gasteiger partial charge in [-0.05, 0) is 0 Å². The third-order valence-corrected chi connectivity index (χ3v) is 6.28. The van der Waals surface area contributed by atoms with Crippen LogP contribution >= 0.6 is 0 Å². The van der Waals surface area contributed by atoms with Gasteiger partial charge in [0, 0.05) is 0 Å². The van der Waals surface area contributed by atoms with Crippen molar-refractivity contribution in [3.05, 3.63) is 43.0 Å². The van der Waals surface area contributed by atoms with E-state index < -0.39 is 11.2 Å². The molecular formula is C10H13N5O3Se. The van der Waals surface area contributed by atoms with E-state index in [0.717, 1.165) is 0 Å². The second-order valence-electron chi connectivity index (χ2n) is 4.30. The molecule has 9 heteroatoms. The van der Waals surface area contributed by atoms with Crippen molar-refractivity contribution in [1.82, 2.24) is 9.55 Å². The Morgan fingerprint density at radius 3 is 3.05 bits per heavy atom. The first-order valence-corrected chi connectivity index (χ1v) is 7.67. The molecule has 102 valence electrons. The van der Waals surface area contributed by atoms with Crippen LogP contribution in [0.2, 0.25) is 4.82 Å². The molecular weight excluding hydrogens is 317 g/mol. The van der Waals surface area contributed by atoms with Crippen molar-refractivity contribution >= 4 is 15.0 Å². The van der Waals surface area contributed by atoms with Crippen molar-refractivity contribution in [3.63, 3.8) is 0 Å². The fourth-order valence-electron chi connectivity index (χ4n) is 2.04. The van der Waals surface area contributed by atoms with E-state index in [1.165, 1.54) is 10.8 Å². The van der Waals surface area contributed by atoms with Gasteiger partial charge in [0.25, 0.3) is 0 Å². The number of rotatable bonds is 3. The fourth-order valence-corrected chi connectivity index (χ4v) is 5.04. The van der Waals surface area contributed by atoms with Gasteiger partial charge in [-0.15, -0.1) is 0 Å². The first-order chi connectivity index (χ1) is 9.06. The Kier molecular flexibility index (Phi) is 4.11. The maximum absolute atomic E-state index is 11.8. The Hall–Kier alpha value is -1.53. The number of azide groups is 1. The number of aryl methyl sites for hydroxylation is 1. The van der Waals surface area contributed by atoms with Gasteiger partial charge in [-0.2, -0.15) is 0 Å². The zero-order valence-corrected chi connectivity index (χ0v) is 11.9. The summed E-state index contributed by atoms with van der Waals surface area (Å²) < 4.78 is 1.48. The average Bonchev–Trinajstić information content (AvgIpc) is 2.77. The van der Waals surface area contributed by atoms with Gasteiger partial charge in [0.15, 0.2) is 0 Å². The van der Waals surface area contributed by atoms with E-state index in [0.29, 0.717) is 12.0 Å². The van der Waals surface area contributed by atoms with Crippen LogP contribution in [0.15, 0.2) is 20.9 Å². The number of hydrogen-bond donors (Lipinski definition) is 2. The van der Waals surface area contributed by atoms with E-state index in [4.69, 9.17) is 5.53 Å². The molecule has 0 aliphatic carbocycles. The number of aromatic nitrogens is 2. The zero-order valence-electron chi connectivity index (χ0n) is 10.2. The van der Waals surface area contributed by atoms with E-state index in [-0.39, 0.29) is 37.4 Å². The van der Waals surface area contributed by atoms with E-state index in [1.54, 1.807) is 6.92 Å². The first kappa shape index (κ1) is 13.9. The predicted octanol–water partition coefficient (Wildman–Crippen LogP) is -0.0888. The van der Waals surface area contributed by atoms with Crippen LogP contribution in [0.3, 0.4) is 0 Å². The van der Waals surface area contributed by atoms with Crippen LogP contribution in [0.1, 0.15) is 16.9 Å². The predicted molar refractivity (Wildman–Crippen MR) is 69.2 cm³/mol. The number of hydrogen-bond acceptors (Lipinski definition) is 4. The van der Waals surface area contributed by atoms with Gasteiger partial charge in [0.05, 0.1) is 0 Å². The second-order valence-corrected chi connectivity index (χ2v) is 7.28. The van der Waals surface area contributed by atoms with Crippen LogP contribution in [0, 0.1) is 6.92 Å². The molecule has 0 saturated carbocycles. The van der Waals surface area contributed by atoms with E-state index in [9.17, 15) is 14.7 Å². The molecule has 0 bridgehead atoms. The standard InChI is InChI=1S/C10H13N5O3Se/c1-5-3-15(10(18)12-9(5)17)8-2-6(13-14-11)7(4-16)19-8/h3,6-8,16H,2,4H2,1H3,(H,12,17,18)/t6-,7+,8+/m0/s1. The summed E-state index contributed by atoms with van der Waals surface area (Å²) in [6.45, 7) is 1.57. The zero-order chi connectivity index (χ0) is 14.0. The van der Waals surface area contributed by atoms with E-state index in [1.807, 2.05) is 0 Å². The van der Waals surface area contributed by atoms with Gasteiger partial charge < -0.3 is 0 Å². The summed E-state index contributed by atoms with van der Waals surface area (Å²) in [6, 6.07) is -0.292. The number of aliphatic hydroxyl groups excluding tert-OH is 1. The molecule has 8 nitrogen and oxygen atoms in total. The quantitative estimate of drug-likeness (QED) is 0.348. The molecule has 2 N–H and O–H groups in total. The summed E-state index contributed by atoms with van der Waals surface area (Å²) in [5, 5.41) is 13.0. The molecule has 0 spiro atoms. The molecule has 2 rings (SSSR count). The molecule has 1 aliphatic heterocycles. The molecule has 1 saturated heterocycles. The van der Waals surface area contributed by atoms with Gasteiger partial charge >= 0.3 is 114 Å². The van der Waals surface area contributed by atoms with Gasteiger partial charge in [-0.25, -0.2) is 0 Å². The Labute approximate surface area is 114 Å². The van der Waals surface area contributed by atoms with Crippen LogP contribution in [-0.2, 0) is 0 Å². The Bertz CT molecular complexity index is 633. The fraction of sp³-hybridized carbons (Fsp3) is 0.600. The van der Waals surface area contributed by atoms with Crippen molar-refractivity contribution in [2.45, 2.75) is 29.1 Å². The summed E-state index contributed by atoms with van der Waals surface area (Å²) in [6.07, 6.45) is 2.04. The first-order valence-electron chi connectivity index (χ1n) is 5.69. The van der Waals surface area contributed by atoms with Gasteiger partial charge in [-0.1, -0.05) is 0 Å². The monoisotopic (exact) mass is 331 g/mol. The number of H-pyrrole nitrogens is 1. The van der Waals surface area contributed by atoms with Crippen LogP contribution in [0.25, 0.3) is 10.4 Å². The van der Waals surface area contributed by atoms with Crippen LogP contribution in [-0.4, -0.2) is 42.3 Å². The number of nitrogens with zero attached hydrogens (tertiary/aromatic N) is 4. The minimum atomic E-state index is -0.458. The van der Waals surface area contributed by atoms with Crippen molar-refractivity contribution in [1.29, 1.82) is 0 Å². The Morgan fingerprint density at radius 2 is 2.42 bits per heavy atom. The van der Waals surface area contributed by atoms with Gasteiger partial charge in [0.2, 0.25) is 0 Å². The van der Waals surface area contributed by atoms with Crippen LogP contribution in [0.5, 0.6) is 0 Å². The number of nitrogens with one attached hydrogen (secondary N) is 1. The van der Waals surface area contributed by atoms with E-state index >= 15 is 0 Å². The normalized spacial score (nSPS) is 26.1.